The van der Waals surface area contributed by atoms with Gasteiger partial charge in [-0.2, -0.15) is 0 Å². The van der Waals surface area contributed by atoms with E-state index in [0.29, 0.717) is 18.9 Å². The summed E-state index contributed by atoms with van der Waals surface area (Å²) in [5.41, 5.74) is 4.77. The molecule has 1 unspecified atom stereocenters. The first-order valence-electron chi connectivity index (χ1n) is 10.1. The number of nitrogens with zero attached hydrogens (tertiary/aromatic N) is 2. The fourth-order valence-corrected chi connectivity index (χ4v) is 3.94. The molecule has 1 saturated heterocycles. The van der Waals surface area contributed by atoms with Gasteiger partial charge in [0.05, 0.1) is 17.0 Å². The fourth-order valence-electron chi connectivity index (χ4n) is 3.94. The molecule has 2 heterocycles. The molecule has 0 aliphatic carbocycles. The van der Waals surface area contributed by atoms with Crippen LogP contribution in [0.1, 0.15) is 29.5 Å². The van der Waals surface area contributed by atoms with Crippen molar-refractivity contribution in [1.29, 1.82) is 0 Å². The van der Waals surface area contributed by atoms with E-state index in [0.717, 1.165) is 36.0 Å². The molecular formula is C23H26N4O2. The summed E-state index contributed by atoms with van der Waals surface area (Å²) < 4.78 is 0. The van der Waals surface area contributed by atoms with E-state index in [1.165, 1.54) is 11.1 Å². The van der Waals surface area contributed by atoms with E-state index in [2.05, 4.69) is 47.3 Å². The van der Waals surface area contributed by atoms with E-state index in [1.54, 1.807) is 0 Å². The third-order valence-electron chi connectivity index (χ3n) is 5.63. The van der Waals surface area contributed by atoms with Crippen LogP contribution in [0.15, 0.2) is 47.3 Å². The van der Waals surface area contributed by atoms with Crippen molar-refractivity contribution in [3.05, 3.63) is 69.5 Å². The molecule has 6 heteroatoms. The predicted molar refractivity (Wildman–Crippen MR) is 115 cm³/mol. The molecule has 1 amide bonds. The average Bonchev–Trinajstić information content (AvgIpc) is 2.73. The molecule has 1 atom stereocenters. The molecule has 0 spiro atoms. The number of anilines is 1. The van der Waals surface area contributed by atoms with Gasteiger partial charge in [-0.25, -0.2) is 4.98 Å². The Hall–Kier alpha value is -3.15. The standard InChI is InChI=1S/C23H26N4O2/c1-15-9-10-16(2)18(12-15)13-24-22(28)17-6-5-11-27(14-17)21-23(29)26-20-8-4-3-7-19(20)25-21/h3-4,7-10,12,17H,5-6,11,13-14H2,1-2H3,(H,24,28)(H,26,29). The van der Waals surface area contributed by atoms with E-state index in [1.807, 2.05) is 29.2 Å². The highest BCUT2D eigenvalue weighted by Crippen LogP contribution is 2.21. The molecule has 1 aliphatic rings. The van der Waals surface area contributed by atoms with Crippen LogP contribution >= 0.6 is 0 Å². The summed E-state index contributed by atoms with van der Waals surface area (Å²) in [4.78, 5) is 34.7. The van der Waals surface area contributed by atoms with Crippen LogP contribution in [0, 0.1) is 19.8 Å². The summed E-state index contributed by atoms with van der Waals surface area (Å²) in [6.45, 7) is 5.87. The normalized spacial score (nSPS) is 16.8. The van der Waals surface area contributed by atoms with Crippen LogP contribution in [0.5, 0.6) is 0 Å². The second-order valence-electron chi connectivity index (χ2n) is 7.84. The Balaban J connectivity index is 1.47. The van der Waals surface area contributed by atoms with Gasteiger partial charge >= 0.3 is 0 Å². The highest BCUT2D eigenvalue weighted by molar-refractivity contribution is 5.80. The van der Waals surface area contributed by atoms with E-state index in [9.17, 15) is 9.59 Å². The number of benzene rings is 2. The van der Waals surface area contributed by atoms with Crippen molar-refractivity contribution in [2.24, 2.45) is 5.92 Å². The number of aromatic nitrogens is 2. The number of hydrogen-bond donors (Lipinski definition) is 2. The minimum atomic E-state index is -0.208. The van der Waals surface area contributed by atoms with Crippen molar-refractivity contribution in [3.8, 4) is 0 Å². The van der Waals surface area contributed by atoms with Crippen molar-refractivity contribution in [1.82, 2.24) is 15.3 Å². The number of H-pyrrole nitrogens is 1. The summed E-state index contributed by atoms with van der Waals surface area (Å²) in [5.74, 6) is 0.282. The Labute approximate surface area is 170 Å². The van der Waals surface area contributed by atoms with E-state index < -0.39 is 0 Å². The number of aryl methyl sites for hydroxylation is 2. The lowest BCUT2D eigenvalue weighted by Gasteiger charge is -2.32. The molecule has 1 aromatic heterocycles. The zero-order valence-corrected chi connectivity index (χ0v) is 16.9. The number of nitrogens with one attached hydrogen (secondary N) is 2. The third-order valence-corrected chi connectivity index (χ3v) is 5.63. The van der Waals surface area contributed by atoms with Gasteiger partial charge in [-0.05, 0) is 49.9 Å². The van der Waals surface area contributed by atoms with Crippen LogP contribution in [0.3, 0.4) is 0 Å². The molecule has 2 N–H and O–H groups in total. The molecule has 3 aromatic rings. The van der Waals surface area contributed by atoms with Gasteiger partial charge in [0.15, 0.2) is 5.82 Å². The van der Waals surface area contributed by atoms with Crippen LogP contribution in [-0.4, -0.2) is 29.0 Å². The Morgan fingerprint density at radius 1 is 1.24 bits per heavy atom. The minimum absolute atomic E-state index is 0.0350. The van der Waals surface area contributed by atoms with Crippen molar-refractivity contribution in [2.75, 3.05) is 18.0 Å². The molecule has 6 nitrogen and oxygen atoms in total. The first kappa shape index (κ1) is 19.2. The smallest absolute Gasteiger partial charge is 0.291 e. The van der Waals surface area contributed by atoms with Gasteiger partial charge < -0.3 is 15.2 Å². The molecule has 2 aromatic carbocycles. The number of aromatic amines is 1. The van der Waals surface area contributed by atoms with Gasteiger partial charge in [0, 0.05) is 19.6 Å². The van der Waals surface area contributed by atoms with Crippen molar-refractivity contribution in [3.63, 3.8) is 0 Å². The maximum absolute atomic E-state index is 12.8. The van der Waals surface area contributed by atoms with Crippen LogP contribution in [0.2, 0.25) is 0 Å². The topological polar surface area (TPSA) is 78.1 Å². The Bertz CT molecular complexity index is 1110. The van der Waals surface area contributed by atoms with Crippen LogP contribution in [0.4, 0.5) is 5.82 Å². The number of amides is 1. The molecule has 1 aliphatic heterocycles. The van der Waals surface area contributed by atoms with Crippen LogP contribution in [0.25, 0.3) is 11.0 Å². The SMILES string of the molecule is Cc1ccc(C)c(CNC(=O)C2CCCN(c3nc4ccccc4[nH]c3=O)C2)c1. The van der Waals surface area contributed by atoms with Gasteiger partial charge in [-0.15, -0.1) is 0 Å². The maximum atomic E-state index is 12.8. The third kappa shape index (κ3) is 4.16. The molecule has 0 radical (unpaired) electrons. The monoisotopic (exact) mass is 390 g/mol. The summed E-state index contributed by atoms with van der Waals surface area (Å²) >= 11 is 0. The molecule has 0 saturated carbocycles. The molecule has 4 rings (SSSR count). The Morgan fingerprint density at radius 2 is 2.07 bits per heavy atom. The van der Waals surface area contributed by atoms with Crippen molar-refractivity contribution >= 4 is 22.8 Å². The maximum Gasteiger partial charge on any atom is 0.291 e. The number of hydrogen-bond acceptors (Lipinski definition) is 4. The summed E-state index contributed by atoms with van der Waals surface area (Å²) in [5, 5.41) is 3.08. The summed E-state index contributed by atoms with van der Waals surface area (Å²) in [7, 11) is 0. The second kappa shape index (κ2) is 8.07. The highest BCUT2D eigenvalue weighted by atomic mass is 16.2. The number of fused-ring (bicyclic) bond motifs is 1. The van der Waals surface area contributed by atoms with Crippen molar-refractivity contribution in [2.45, 2.75) is 33.2 Å². The van der Waals surface area contributed by atoms with Gasteiger partial charge in [-0.3, -0.25) is 9.59 Å². The largest absolute Gasteiger partial charge is 0.352 e. The molecule has 150 valence electrons. The van der Waals surface area contributed by atoms with Crippen LogP contribution < -0.4 is 15.8 Å². The molecular weight excluding hydrogens is 364 g/mol. The average molecular weight is 390 g/mol. The lowest BCUT2D eigenvalue weighted by atomic mass is 9.97. The number of carbonyl (C=O) groups excluding carboxylic acids is 1. The number of rotatable bonds is 4. The van der Waals surface area contributed by atoms with E-state index >= 15 is 0 Å². The lowest BCUT2D eigenvalue weighted by molar-refractivity contribution is -0.125. The van der Waals surface area contributed by atoms with E-state index in [-0.39, 0.29) is 17.4 Å². The summed E-state index contributed by atoms with van der Waals surface area (Å²) in [6, 6.07) is 13.8. The Kier molecular flexibility index (Phi) is 5.34. The second-order valence-corrected chi connectivity index (χ2v) is 7.84. The lowest BCUT2D eigenvalue weighted by Crippen LogP contribution is -2.45. The molecule has 0 bridgehead atoms. The number of para-hydroxylation sites is 2. The van der Waals surface area contributed by atoms with Gasteiger partial charge in [0.2, 0.25) is 5.91 Å². The number of piperidine rings is 1. The van der Waals surface area contributed by atoms with Gasteiger partial charge in [0.25, 0.3) is 5.56 Å². The van der Waals surface area contributed by atoms with Gasteiger partial charge in [-0.1, -0.05) is 35.9 Å². The Morgan fingerprint density at radius 3 is 2.93 bits per heavy atom. The molecule has 29 heavy (non-hydrogen) atoms. The molecule has 1 fully saturated rings. The summed E-state index contributed by atoms with van der Waals surface area (Å²) in [6.07, 6.45) is 1.68. The zero-order chi connectivity index (χ0) is 20.4. The van der Waals surface area contributed by atoms with Crippen molar-refractivity contribution < 1.29 is 4.79 Å². The fraction of sp³-hybridized carbons (Fsp3) is 0.348. The first-order chi connectivity index (χ1) is 14.0. The first-order valence-corrected chi connectivity index (χ1v) is 10.1. The number of carbonyl (C=O) groups is 1. The quantitative estimate of drug-likeness (QED) is 0.718. The van der Waals surface area contributed by atoms with E-state index in [4.69, 9.17) is 0 Å². The van der Waals surface area contributed by atoms with Gasteiger partial charge in [0.1, 0.15) is 0 Å². The highest BCUT2D eigenvalue weighted by Gasteiger charge is 2.28. The zero-order valence-electron chi connectivity index (χ0n) is 16.9. The minimum Gasteiger partial charge on any atom is -0.352 e. The predicted octanol–water partition coefficient (Wildman–Crippen LogP) is 3.07. The van der Waals surface area contributed by atoms with Crippen LogP contribution in [-0.2, 0) is 11.3 Å².